The summed E-state index contributed by atoms with van der Waals surface area (Å²) in [6.07, 6.45) is 5.49. The maximum absolute atomic E-state index is 12.2. The van der Waals surface area contributed by atoms with Crippen molar-refractivity contribution in [2.24, 2.45) is 0 Å². The van der Waals surface area contributed by atoms with E-state index in [-0.39, 0.29) is 42.5 Å². The van der Waals surface area contributed by atoms with Crippen LogP contribution in [0.25, 0.3) is 21.9 Å². The highest BCUT2D eigenvalue weighted by atomic mass is 32.2. The van der Waals surface area contributed by atoms with E-state index in [0.717, 1.165) is 84.2 Å². The maximum Gasteiger partial charge on any atom is 0.242 e. The Labute approximate surface area is 298 Å². The highest BCUT2D eigenvalue weighted by Gasteiger charge is 2.37. The van der Waals surface area contributed by atoms with Gasteiger partial charge in [-0.15, -0.1) is 0 Å². The first-order valence-corrected chi connectivity index (χ1v) is 19.0. The molecule has 5 rings (SSSR count). The van der Waals surface area contributed by atoms with Crippen molar-refractivity contribution in [2.45, 2.75) is 44.3 Å². The van der Waals surface area contributed by atoms with Crippen molar-refractivity contribution in [3.63, 3.8) is 0 Å². The van der Waals surface area contributed by atoms with Gasteiger partial charge in [0.2, 0.25) is 17.7 Å². The molecule has 0 spiro atoms. The summed E-state index contributed by atoms with van der Waals surface area (Å²) >= 11 is 1.40. The molecule has 274 valence electrons. The quantitative estimate of drug-likeness (QED) is 0.0895. The second kappa shape index (κ2) is 18.2. The van der Waals surface area contributed by atoms with E-state index in [1.807, 2.05) is 6.26 Å². The number of quaternary nitrogens is 1. The van der Waals surface area contributed by atoms with Crippen LogP contribution < -0.4 is 15.5 Å². The van der Waals surface area contributed by atoms with Crippen molar-refractivity contribution in [1.29, 1.82) is 0 Å². The van der Waals surface area contributed by atoms with Crippen LogP contribution in [0, 0.1) is 0 Å². The number of fused-ring (bicyclic) bond motifs is 3. The molecule has 2 saturated heterocycles. The lowest BCUT2D eigenvalue weighted by atomic mass is 10.1. The summed E-state index contributed by atoms with van der Waals surface area (Å²) in [7, 11) is 2.29. The molecule has 1 atom stereocenters. The molecule has 2 aliphatic rings. The molecule has 0 saturated carbocycles. The first kappa shape index (κ1) is 37.9. The second-order valence-electron chi connectivity index (χ2n) is 13.1. The van der Waals surface area contributed by atoms with Crippen LogP contribution in [0.4, 0.5) is 11.5 Å². The fourth-order valence-electron chi connectivity index (χ4n) is 6.39. The van der Waals surface area contributed by atoms with Gasteiger partial charge < -0.3 is 30.2 Å². The van der Waals surface area contributed by atoms with E-state index in [9.17, 15) is 14.4 Å². The Bertz CT molecular complexity index is 1610. The third kappa shape index (κ3) is 9.70. The minimum absolute atomic E-state index is 0.0723. The van der Waals surface area contributed by atoms with Crippen molar-refractivity contribution in [3.05, 3.63) is 24.0 Å². The van der Waals surface area contributed by atoms with Crippen molar-refractivity contribution >= 4 is 62.9 Å². The van der Waals surface area contributed by atoms with Gasteiger partial charge >= 0.3 is 0 Å². The van der Waals surface area contributed by atoms with Gasteiger partial charge in [0.15, 0.2) is 0 Å². The maximum atomic E-state index is 12.2. The van der Waals surface area contributed by atoms with E-state index in [1.54, 1.807) is 0 Å². The van der Waals surface area contributed by atoms with Gasteiger partial charge in [0.25, 0.3) is 0 Å². The van der Waals surface area contributed by atoms with Gasteiger partial charge in [-0.25, -0.2) is 9.97 Å². The third-order valence-corrected chi connectivity index (χ3v) is 10.5. The van der Waals surface area contributed by atoms with Crippen LogP contribution in [0.2, 0.25) is 0 Å². The molecule has 0 radical (unpaired) electrons. The van der Waals surface area contributed by atoms with Gasteiger partial charge in [0, 0.05) is 63.0 Å². The van der Waals surface area contributed by atoms with Crippen molar-refractivity contribution in [1.82, 2.24) is 34.6 Å². The number of piperazine rings is 1. The van der Waals surface area contributed by atoms with E-state index >= 15 is 0 Å². The number of thioether (sulfide) groups is 1. The van der Waals surface area contributed by atoms with Crippen LogP contribution >= 0.6 is 11.8 Å². The molecule has 1 aromatic carbocycles. The number of aryl methyl sites for hydroxylation is 1. The first-order chi connectivity index (χ1) is 24.2. The van der Waals surface area contributed by atoms with Crippen LogP contribution in [0.15, 0.2) is 18.2 Å². The molecule has 1 unspecified atom stereocenters. The molecule has 0 aliphatic carbocycles. The van der Waals surface area contributed by atoms with Crippen molar-refractivity contribution < 1.29 is 28.6 Å². The number of nitrogens with one attached hydrogen (secondary N) is 2. The smallest absolute Gasteiger partial charge is 0.242 e. The number of hydrogen-bond donors (Lipinski definition) is 3. The molecular formula is C35H53N8O6S+. The number of carbonyl (C=O) groups is 3. The molecule has 4 heterocycles. The number of ether oxygens (including phenoxy) is 3. The number of nitrogens with zero attached hydrogens (tertiary/aromatic N) is 5. The fourth-order valence-corrected chi connectivity index (χ4v) is 7.03. The van der Waals surface area contributed by atoms with Crippen LogP contribution in [0.1, 0.15) is 38.4 Å². The Balaban J connectivity index is 0.918. The lowest BCUT2D eigenvalue weighted by Gasteiger charge is -2.41. The average molecular weight is 714 g/mol. The molecule has 0 bridgehead atoms. The number of aromatic amines is 1. The molecule has 2 aromatic heterocycles. The number of benzene rings is 1. The Morgan fingerprint density at radius 2 is 1.80 bits per heavy atom. The predicted molar refractivity (Wildman–Crippen MR) is 197 cm³/mol. The minimum atomic E-state index is -0.271. The first-order valence-electron chi connectivity index (χ1n) is 17.7. The Morgan fingerprint density at radius 3 is 2.54 bits per heavy atom. The summed E-state index contributed by atoms with van der Waals surface area (Å²) in [5, 5.41) is 3.61. The zero-order chi connectivity index (χ0) is 35.5. The van der Waals surface area contributed by atoms with E-state index < -0.39 is 0 Å². The Morgan fingerprint density at radius 1 is 1.06 bits per heavy atom. The van der Waals surface area contributed by atoms with E-state index in [0.29, 0.717) is 51.8 Å². The summed E-state index contributed by atoms with van der Waals surface area (Å²) < 4.78 is 17.6. The molecule has 2 aliphatic heterocycles. The average Bonchev–Trinajstić information content (AvgIpc) is 3.67. The van der Waals surface area contributed by atoms with Gasteiger partial charge in [0.1, 0.15) is 28.4 Å². The van der Waals surface area contributed by atoms with Crippen LogP contribution in [-0.2, 0) is 35.0 Å². The molecule has 3 amide bonds. The van der Waals surface area contributed by atoms with E-state index in [4.69, 9.17) is 24.9 Å². The van der Waals surface area contributed by atoms with Gasteiger partial charge in [-0.2, -0.15) is 11.8 Å². The molecule has 2 fully saturated rings. The molecule has 4 N–H and O–H groups in total. The second-order valence-corrected chi connectivity index (χ2v) is 14.2. The highest BCUT2D eigenvalue weighted by molar-refractivity contribution is 8.00. The van der Waals surface area contributed by atoms with Crippen LogP contribution in [-0.4, -0.2) is 146 Å². The standard InChI is InChI=1S/C35H52N8O6S/c1-4-5-6-29-39-32-26-23-25(7-8-27(26)38-34(36)33(32)40-29)43(2)15-11-41(12-16-43)13-19-47-17-9-30(44)37-10-18-48-21-22-49-20-14-42-31(45)24-28(50-3)35(42)46/h7-8,23,28H,4-6,9-22,24H2,1-3H3,(H3-,36,37,38,39,40,44)/p+1. The summed E-state index contributed by atoms with van der Waals surface area (Å²) in [4.78, 5) is 52.8. The minimum Gasteiger partial charge on any atom is -0.382 e. The number of imidazole rings is 1. The molecule has 3 aromatic rings. The zero-order valence-corrected chi connectivity index (χ0v) is 30.5. The summed E-state index contributed by atoms with van der Waals surface area (Å²) in [6, 6.07) is 6.48. The number of hydrogen-bond acceptors (Lipinski definition) is 11. The zero-order valence-electron chi connectivity index (χ0n) is 29.7. The van der Waals surface area contributed by atoms with Gasteiger partial charge in [-0.1, -0.05) is 13.3 Å². The molecule has 15 heteroatoms. The predicted octanol–water partition coefficient (Wildman–Crippen LogP) is 2.34. The summed E-state index contributed by atoms with van der Waals surface area (Å²) in [5.74, 6) is 1.11. The number of unbranched alkanes of at least 4 members (excludes halogenated alkanes) is 1. The Kier molecular flexibility index (Phi) is 13.8. The van der Waals surface area contributed by atoms with Gasteiger partial charge in [-0.3, -0.25) is 28.7 Å². The number of imide groups is 1. The number of carbonyl (C=O) groups excluding carboxylic acids is 3. The number of pyridine rings is 1. The number of nitrogens with two attached hydrogens (primary N) is 1. The number of aromatic nitrogens is 3. The van der Waals surface area contributed by atoms with Crippen LogP contribution in [0.3, 0.4) is 0 Å². The topological polar surface area (TPSA) is 165 Å². The van der Waals surface area contributed by atoms with E-state index in [1.165, 1.54) is 22.3 Å². The van der Waals surface area contributed by atoms with Crippen molar-refractivity contribution in [3.8, 4) is 0 Å². The number of H-pyrrole nitrogens is 1. The van der Waals surface area contributed by atoms with Gasteiger partial charge in [0.05, 0.1) is 77.1 Å². The van der Waals surface area contributed by atoms with Crippen LogP contribution in [0.5, 0.6) is 0 Å². The fraction of sp³-hybridized carbons (Fsp3) is 0.629. The van der Waals surface area contributed by atoms with E-state index in [2.05, 4.69) is 52.4 Å². The van der Waals surface area contributed by atoms with Crippen molar-refractivity contribution in [2.75, 3.05) is 104 Å². The largest absolute Gasteiger partial charge is 0.382 e. The summed E-state index contributed by atoms with van der Waals surface area (Å²) in [5.41, 5.74) is 10.1. The lowest BCUT2D eigenvalue weighted by molar-refractivity contribution is -0.139. The number of likely N-dealkylation sites (N-methyl/N-ethyl adjacent to an activating group) is 1. The molecular weight excluding hydrogens is 661 g/mol. The lowest BCUT2D eigenvalue weighted by Crippen LogP contribution is -2.58. The molecule has 50 heavy (non-hydrogen) atoms. The number of anilines is 1. The number of likely N-dealkylation sites (tertiary alicyclic amines) is 1. The number of rotatable bonds is 20. The Hall–Kier alpha value is -3.34. The van der Waals surface area contributed by atoms with Gasteiger partial charge in [-0.05, 0) is 18.7 Å². The SMILES string of the molecule is CCCCc1nc2c([nH]1)c(N)nc1ccc([N+]3(C)CCN(CCOCCC(=O)NCCOCCOCCN4C(=O)CC(SC)C4=O)CC3)cc12. The third-order valence-electron chi connectivity index (χ3n) is 9.61. The normalized spacial score (nSPS) is 18.1. The highest BCUT2D eigenvalue weighted by Crippen LogP contribution is 2.32. The molecule has 14 nitrogen and oxygen atoms in total. The number of amides is 3. The summed E-state index contributed by atoms with van der Waals surface area (Å²) in [6.45, 7) is 9.89. The number of nitrogen functional groups attached to an aromatic ring is 1. The monoisotopic (exact) mass is 713 g/mol.